The minimum atomic E-state index is -0.268. The van der Waals surface area contributed by atoms with E-state index in [1.54, 1.807) is 30.3 Å². The van der Waals surface area contributed by atoms with Crippen LogP contribution in [-0.4, -0.2) is 44.0 Å². The number of ether oxygens (including phenoxy) is 2. The molecular formula is C19H21BrN2O4. The Morgan fingerprint density at radius 1 is 1.04 bits per heavy atom. The van der Waals surface area contributed by atoms with Gasteiger partial charge in [0.15, 0.2) is 0 Å². The Hall–Kier alpha value is -2.54. The van der Waals surface area contributed by atoms with Gasteiger partial charge in [-0.05, 0) is 43.3 Å². The van der Waals surface area contributed by atoms with Gasteiger partial charge in [-0.2, -0.15) is 0 Å². The van der Waals surface area contributed by atoms with Gasteiger partial charge in [0.25, 0.3) is 5.91 Å². The van der Waals surface area contributed by atoms with Crippen LogP contribution in [0.25, 0.3) is 0 Å². The van der Waals surface area contributed by atoms with Crippen molar-refractivity contribution >= 4 is 33.4 Å². The van der Waals surface area contributed by atoms with Gasteiger partial charge in [0.1, 0.15) is 18.0 Å². The van der Waals surface area contributed by atoms with Crippen molar-refractivity contribution in [3.8, 4) is 11.5 Å². The number of hydrogen-bond acceptors (Lipinski definition) is 4. The van der Waals surface area contributed by atoms with Crippen LogP contribution in [0.15, 0.2) is 46.9 Å². The molecule has 2 aromatic carbocycles. The standard InChI is InChI=1S/C19H21BrN2O4/c1-4-22(12-18(23)21-15-7-5-14(20)6-8-15)19(24)13-9-16(25-2)11-17(10-13)26-3/h5-11H,4,12H2,1-3H3,(H,21,23). The van der Waals surface area contributed by atoms with E-state index in [0.29, 0.717) is 29.3 Å². The molecule has 0 spiro atoms. The molecule has 0 aromatic heterocycles. The van der Waals surface area contributed by atoms with Crippen molar-refractivity contribution in [3.05, 3.63) is 52.5 Å². The molecule has 0 atom stereocenters. The fourth-order valence-electron chi connectivity index (χ4n) is 2.35. The van der Waals surface area contributed by atoms with E-state index >= 15 is 0 Å². The molecule has 0 bridgehead atoms. The summed E-state index contributed by atoms with van der Waals surface area (Å²) in [6, 6.07) is 12.2. The zero-order valence-electron chi connectivity index (χ0n) is 14.9. The molecule has 6 nitrogen and oxygen atoms in total. The van der Waals surface area contributed by atoms with Crippen LogP contribution in [0.4, 0.5) is 5.69 Å². The highest BCUT2D eigenvalue weighted by atomic mass is 79.9. The fourth-order valence-corrected chi connectivity index (χ4v) is 2.61. The minimum absolute atomic E-state index is 0.0507. The normalized spacial score (nSPS) is 10.2. The van der Waals surface area contributed by atoms with Crippen LogP contribution >= 0.6 is 15.9 Å². The van der Waals surface area contributed by atoms with E-state index in [9.17, 15) is 9.59 Å². The van der Waals surface area contributed by atoms with Gasteiger partial charge >= 0.3 is 0 Å². The number of halogens is 1. The summed E-state index contributed by atoms with van der Waals surface area (Å²) < 4.78 is 11.3. The zero-order chi connectivity index (χ0) is 19.1. The molecule has 26 heavy (non-hydrogen) atoms. The van der Waals surface area contributed by atoms with Crippen molar-refractivity contribution in [2.24, 2.45) is 0 Å². The van der Waals surface area contributed by atoms with Gasteiger partial charge in [0.2, 0.25) is 5.91 Å². The van der Waals surface area contributed by atoms with Gasteiger partial charge in [-0.1, -0.05) is 15.9 Å². The number of likely N-dealkylation sites (N-methyl/N-ethyl adjacent to an activating group) is 1. The third kappa shape index (κ3) is 5.23. The topological polar surface area (TPSA) is 67.9 Å². The second-order valence-electron chi connectivity index (χ2n) is 5.48. The van der Waals surface area contributed by atoms with E-state index in [2.05, 4.69) is 21.2 Å². The van der Waals surface area contributed by atoms with Crippen LogP contribution in [0.5, 0.6) is 11.5 Å². The molecule has 2 aromatic rings. The number of rotatable bonds is 7. The zero-order valence-corrected chi connectivity index (χ0v) is 16.5. The largest absolute Gasteiger partial charge is 0.497 e. The molecular weight excluding hydrogens is 400 g/mol. The molecule has 1 N–H and O–H groups in total. The lowest BCUT2D eigenvalue weighted by Crippen LogP contribution is -2.37. The first-order chi connectivity index (χ1) is 12.5. The third-order valence-electron chi connectivity index (χ3n) is 3.73. The number of nitrogens with one attached hydrogen (secondary N) is 1. The fraction of sp³-hybridized carbons (Fsp3) is 0.263. The van der Waals surface area contributed by atoms with E-state index < -0.39 is 0 Å². The summed E-state index contributed by atoms with van der Waals surface area (Å²) in [6.07, 6.45) is 0. The molecule has 0 heterocycles. The van der Waals surface area contributed by atoms with E-state index in [-0.39, 0.29) is 18.4 Å². The quantitative estimate of drug-likeness (QED) is 0.743. The monoisotopic (exact) mass is 420 g/mol. The summed E-state index contributed by atoms with van der Waals surface area (Å²) in [7, 11) is 3.04. The summed E-state index contributed by atoms with van der Waals surface area (Å²) in [6.45, 7) is 2.17. The summed E-state index contributed by atoms with van der Waals surface area (Å²) in [5, 5.41) is 2.78. The first-order valence-electron chi connectivity index (χ1n) is 8.04. The maximum Gasteiger partial charge on any atom is 0.254 e. The molecule has 0 saturated heterocycles. The highest BCUT2D eigenvalue weighted by molar-refractivity contribution is 9.10. The second kappa shape index (κ2) is 9.24. The number of nitrogens with zero attached hydrogens (tertiary/aromatic N) is 1. The Morgan fingerprint density at radius 2 is 1.62 bits per heavy atom. The summed E-state index contributed by atoms with van der Waals surface area (Å²) >= 11 is 3.35. The number of hydrogen-bond donors (Lipinski definition) is 1. The van der Waals surface area contributed by atoms with Gasteiger partial charge in [-0.25, -0.2) is 0 Å². The number of carbonyl (C=O) groups is 2. The number of benzene rings is 2. The number of carbonyl (C=O) groups excluding carboxylic acids is 2. The Bertz CT molecular complexity index is 755. The number of anilines is 1. The highest BCUT2D eigenvalue weighted by Gasteiger charge is 2.19. The lowest BCUT2D eigenvalue weighted by molar-refractivity contribution is -0.116. The first kappa shape index (κ1) is 19.8. The lowest BCUT2D eigenvalue weighted by atomic mass is 10.1. The molecule has 0 fully saturated rings. The van der Waals surface area contributed by atoms with Crippen LogP contribution in [-0.2, 0) is 4.79 Å². The van der Waals surface area contributed by atoms with E-state index in [1.807, 2.05) is 19.1 Å². The third-order valence-corrected chi connectivity index (χ3v) is 4.26. The van der Waals surface area contributed by atoms with E-state index in [4.69, 9.17) is 9.47 Å². The Kier molecular flexibility index (Phi) is 7.03. The smallest absolute Gasteiger partial charge is 0.254 e. The molecule has 138 valence electrons. The summed E-state index contributed by atoms with van der Waals surface area (Å²) in [5.41, 5.74) is 1.07. The van der Waals surface area contributed by atoms with Crippen molar-refractivity contribution in [3.63, 3.8) is 0 Å². The van der Waals surface area contributed by atoms with Crippen LogP contribution < -0.4 is 14.8 Å². The van der Waals surface area contributed by atoms with Crippen LogP contribution in [0.3, 0.4) is 0 Å². The van der Waals surface area contributed by atoms with Crippen molar-refractivity contribution in [2.75, 3.05) is 32.6 Å². The minimum Gasteiger partial charge on any atom is -0.497 e. The van der Waals surface area contributed by atoms with Crippen LogP contribution in [0.1, 0.15) is 17.3 Å². The summed E-state index contributed by atoms with van der Waals surface area (Å²) in [5.74, 6) is 0.499. The molecule has 0 aliphatic rings. The van der Waals surface area contributed by atoms with Crippen molar-refractivity contribution in [1.82, 2.24) is 4.90 Å². The highest BCUT2D eigenvalue weighted by Crippen LogP contribution is 2.23. The summed E-state index contributed by atoms with van der Waals surface area (Å²) in [4.78, 5) is 26.5. The van der Waals surface area contributed by atoms with Gasteiger partial charge in [-0.15, -0.1) is 0 Å². The SMILES string of the molecule is CCN(CC(=O)Nc1ccc(Br)cc1)C(=O)c1cc(OC)cc(OC)c1. The van der Waals surface area contributed by atoms with Gasteiger partial charge in [0, 0.05) is 28.3 Å². The van der Waals surface area contributed by atoms with Crippen molar-refractivity contribution in [1.29, 1.82) is 0 Å². The van der Waals surface area contributed by atoms with E-state index in [0.717, 1.165) is 4.47 Å². The maximum atomic E-state index is 12.8. The molecule has 0 aliphatic carbocycles. The average molecular weight is 421 g/mol. The Balaban J connectivity index is 2.10. The molecule has 0 radical (unpaired) electrons. The number of amides is 2. The molecule has 0 saturated carbocycles. The Morgan fingerprint density at radius 3 is 2.12 bits per heavy atom. The van der Waals surface area contributed by atoms with E-state index in [1.165, 1.54) is 19.1 Å². The maximum absolute atomic E-state index is 12.8. The molecule has 0 aliphatic heterocycles. The van der Waals surface area contributed by atoms with Crippen molar-refractivity contribution < 1.29 is 19.1 Å². The van der Waals surface area contributed by atoms with Crippen molar-refractivity contribution in [2.45, 2.75) is 6.92 Å². The number of methoxy groups -OCH3 is 2. The molecule has 2 amide bonds. The predicted octanol–water partition coefficient (Wildman–Crippen LogP) is 3.57. The average Bonchev–Trinajstić information content (AvgIpc) is 2.66. The van der Waals surface area contributed by atoms with Crippen LogP contribution in [0.2, 0.25) is 0 Å². The lowest BCUT2D eigenvalue weighted by Gasteiger charge is -2.21. The Labute approximate surface area is 161 Å². The van der Waals surface area contributed by atoms with Gasteiger partial charge < -0.3 is 19.7 Å². The molecule has 0 unspecified atom stereocenters. The van der Waals surface area contributed by atoms with Crippen LogP contribution in [0, 0.1) is 0 Å². The van der Waals surface area contributed by atoms with Gasteiger partial charge in [-0.3, -0.25) is 9.59 Å². The first-order valence-corrected chi connectivity index (χ1v) is 8.84. The molecule has 7 heteroatoms. The predicted molar refractivity (Wildman–Crippen MR) is 104 cm³/mol. The molecule has 2 rings (SSSR count). The second-order valence-corrected chi connectivity index (χ2v) is 6.39. The van der Waals surface area contributed by atoms with Gasteiger partial charge in [0.05, 0.1) is 14.2 Å².